The highest BCUT2D eigenvalue weighted by atomic mass is 35.5. The molecule has 3 aromatic rings. The van der Waals surface area contributed by atoms with Crippen molar-refractivity contribution in [1.29, 1.82) is 0 Å². The second-order valence-electron chi connectivity index (χ2n) is 8.11. The van der Waals surface area contributed by atoms with Gasteiger partial charge in [-0.25, -0.2) is 0 Å². The standard InChI is InChI=1S/C26H33ClO4/c1-3-5-9-19(28)16-30-25-21-11-7-8-12-22(21)26(31-17-20(29)10-6-4-2)24-15-18(27)13-14-23(24)25/h7-8,11-15,19-20,28-29H,3-6,9-10,16-17H2,1-2H3. The van der Waals surface area contributed by atoms with Gasteiger partial charge in [-0.15, -0.1) is 0 Å². The molecule has 2 atom stereocenters. The van der Waals surface area contributed by atoms with Gasteiger partial charge < -0.3 is 19.7 Å². The zero-order valence-corrected chi connectivity index (χ0v) is 19.2. The van der Waals surface area contributed by atoms with Gasteiger partial charge in [0.25, 0.3) is 0 Å². The van der Waals surface area contributed by atoms with Crippen molar-refractivity contribution in [2.45, 2.75) is 64.6 Å². The van der Waals surface area contributed by atoms with Crippen molar-refractivity contribution in [3.05, 3.63) is 47.5 Å². The average Bonchev–Trinajstić information content (AvgIpc) is 2.78. The third kappa shape index (κ3) is 6.03. The minimum atomic E-state index is -0.516. The van der Waals surface area contributed by atoms with E-state index in [-0.39, 0.29) is 13.2 Å². The largest absolute Gasteiger partial charge is 0.490 e. The monoisotopic (exact) mass is 444 g/mol. The van der Waals surface area contributed by atoms with Gasteiger partial charge in [0.1, 0.15) is 24.7 Å². The summed E-state index contributed by atoms with van der Waals surface area (Å²) in [4.78, 5) is 0. The number of halogens is 1. The van der Waals surface area contributed by atoms with Crippen LogP contribution in [0.15, 0.2) is 42.5 Å². The van der Waals surface area contributed by atoms with Crippen LogP contribution in [0.3, 0.4) is 0 Å². The number of unbranched alkanes of at least 4 members (excludes halogenated alkanes) is 2. The van der Waals surface area contributed by atoms with E-state index in [9.17, 15) is 10.2 Å². The topological polar surface area (TPSA) is 58.9 Å². The molecule has 0 bridgehead atoms. The van der Waals surface area contributed by atoms with E-state index in [1.54, 1.807) is 0 Å². The molecule has 0 heterocycles. The molecule has 5 heteroatoms. The lowest BCUT2D eigenvalue weighted by Crippen LogP contribution is -2.18. The Hall–Kier alpha value is -2.01. The molecule has 3 rings (SSSR count). The number of aliphatic hydroxyl groups is 2. The van der Waals surface area contributed by atoms with Crippen LogP contribution in [0.2, 0.25) is 5.02 Å². The number of rotatable bonds is 12. The molecule has 2 N–H and O–H groups in total. The Morgan fingerprint density at radius 1 is 0.742 bits per heavy atom. The molecular weight excluding hydrogens is 412 g/mol. The van der Waals surface area contributed by atoms with Gasteiger partial charge in [-0.3, -0.25) is 0 Å². The van der Waals surface area contributed by atoms with Crippen molar-refractivity contribution >= 4 is 33.1 Å². The second kappa shape index (κ2) is 11.6. The van der Waals surface area contributed by atoms with E-state index >= 15 is 0 Å². The predicted molar refractivity (Wildman–Crippen MR) is 129 cm³/mol. The molecule has 0 aliphatic rings. The molecule has 0 aliphatic carbocycles. The fraction of sp³-hybridized carbons (Fsp3) is 0.462. The maximum atomic E-state index is 10.3. The van der Waals surface area contributed by atoms with E-state index in [2.05, 4.69) is 13.8 Å². The van der Waals surface area contributed by atoms with E-state index in [1.165, 1.54) is 0 Å². The molecular formula is C26H33ClO4. The fourth-order valence-electron chi connectivity index (χ4n) is 3.79. The number of aliphatic hydroxyl groups excluding tert-OH is 2. The Kier molecular flexibility index (Phi) is 8.82. The first-order valence-electron chi connectivity index (χ1n) is 11.3. The van der Waals surface area contributed by atoms with Crippen LogP contribution in [0.25, 0.3) is 21.5 Å². The quantitative estimate of drug-likeness (QED) is 0.313. The van der Waals surface area contributed by atoms with Crippen molar-refractivity contribution in [1.82, 2.24) is 0 Å². The minimum absolute atomic E-state index is 0.224. The SMILES string of the molecule is CCCCC(O)COc1c2ccccc2c(OCC(O)CCCC)c2cc(Cl)ccc12. The summed E-state index contributed by atoms with van der Waals surface area (Å²) in [7, 11) is 0. The molecule has 0 amide bonds. The highest BCUT2D eigenvalue weighted by Gasteiger charge is 2.18. The number of ether oxygens (including phenoxy) is 2. The summed E-state index contributed by atoms with van der Waals surface area (Å²) in [5, 5.41) is 24.7. The fourth-order valence-corrected chi connectivity index (χ4v) is 3.96. The highest BCUT2D eigenvalue weighted by Crippen LogP contribution is 2.43. The lowest BCUT2D eigenvalue weighted by atomic mass is 10.0. The van der Waals surface area contributed by atoms with Gasteiger partial charge in [0.15, 0.2) is 0 Å². The predicted octanol–water partition coefficient (Wildman–Crippen LogP) is 6.51. The van der Waals surface area contributed by atoms with Crippen LogP contribution in [-0.2, 0) is 0 Å². The van der Waals surface area contributed by atoms with Gasteiger partial charge in [-0.1, -0.05) is 75.4 Å². The van der Waals surface area contributed by atoms with Crippen molar-refractivity contribution in [3.63, 3.8) is 0 Å². The summed E-state index contributed by atoms with van der Waals surface area (Å²) in [5.74, 6) is 1.42. The van der Waals surface area contributed by atoms with Gasteiger partial charge in [0, 0.05) is 26.6 Å². The molecule has 0 saturated carbocycles. The van der Waals surface area contributed by atoms with Crippen LogP contribution < -0.4 is 9.47 Å². The summed E-state index contributed by atoms with van der Waals surface area (Å²) in [6.45, 7) is 4.67. The van der Waals surface area contributed by atoms with E-state index in [1.807, 2.05) is 42.5 Å². The van der Waals surface area contributed by atoms with E-state index in [0.29, 0.717) is 17.2 Å². The maximum absolute atomic E-state index is 10.3. The first kappa shape index (κ1) is 23.6. The van der Waals surface area contributed by atoms with Crippen LogP contribution in [-0.4, -0.2) is 35.6 Å². The summed E-state index contributed by atoms with van der Waals surface area (Å²) in [5.41, 5.74) is 0. The van der Waals surface area contributed by atoms with Gasteiger partial charge in [0.2, 0.25) is 0 Å². The lowest BCUT2D eigenvalue weighted by Gasteiger charge is -2.20. The molecule has 0 aromatic heterocycles. The Morgan fingerprint density at radius 2 is 1.23 bits per heavy atom. The van der Waals surface area contributed by atoms with E-state index in [4.69, 9.17) is 21.1 Å². The maximum Gasteiger partial charge on any atom is 0.135 e. The molecule has 0 aliphatic heterocycles. The second-order valence-corrected chi connectivity index (χ2v) is 8.54. The molecule has 0 spiro atoms. The summed E-state index contributed by atoms with van der Waals surface area (Å²) in [6.07, 6.45) is 4.41. The van der Waals surface area contributed by atoms with E-state index < -0.39 is 12.2 Å². The average molecular weight is 445 g/mol. The van der Waals surface area contributed by atoms with Gasteiger partial charge in [0.05, 0.1) is 12.2 Å². The molecule has 0 saturated heterocycles. The first-order chi connectivity index (χ1) is 15.0. The number of hydrogen-bond acceptors (Lipinski definition) is 4. The third-order valence-corrected chi connectivity index (χ3v) is 5.74. The summed E-state index contributed by atoms with van der Waals surface area (Å²) in [6, 6.07) is 13.5. The zero-order valence-electron chi connectivity index (χ0n) is 18.4. The molecule has 4 nitrogen and oxygen atoms in total. The molecule has 2 unspecified atom stereocenters. The first-order valence-corrected chi connectivity index (χ1v) is 11.7. The molecule has 31 heavy (non-hydrogen) atoms. The van der Waals surface area contributed by atoms with E-state index in [0.717, 1.165) is 59.4 Å². The van der Waals surface area contributed by atoms with Gasteiger partial charge >= 0.3 is 0 Å². The van der Waals surface area contributed by atoms with Crippen LogP contribution >= 0.6 is 11.6 Å². The third-order valence-electron chi connectivity index (χ3n) is 5.51. The summed E-state index contributed by atoms with van der Waals surface area (Å²) < 4.78 is 12.3. The number of hydrogen-bond donors (Lipinski definition) is 2. The lowest BCUT2D eigenvalue weighted by molar-refractivity contribution is 0.0983. The van der Waals surface area contributed by atoms with Gasteiger partial charge in [-0.2, -0.15) is 0 Å². The van der Waals surface area contributed by atoms with Crippen molar-refractivity contribution in [3.8, 4) is 11.5 Å². The Morgan fingerprint density at radius 3 is 1.74 bits per heavy atom. The van der Waals surface area contributed by atoms with Gasteiger partial charge in [-0.05, 0) is 31.0 Å². The van der Waals surface area contributed by atoms with Crippen LogP contribution in [0, 0.1) is 0 Å². The normalized spacial score (nSPS) is 13.5. The van der Waals surface area contributed by atoms with Crippen LogP contribution in [0.1, 0.15) is 52.4 Å². The Labute approximate surface area is 189 Å². The zero-order chi connectivity index (χ0) is 22.2. The number of benzene rings is 3. The Balaban J connectivity index is 2.01. The minimum Gasteiger partial charge on any atom is -0.490 e. The summed E-state index contributed by atoms with van der Waals surface area (Å²) >= 11 is 6.32. The van der Waals surface area contributed by atoms with Crippen LogP contribution in [0.5, 0.6) is 11.5 Å². The molecule has 168 valence electrons. The molecule has 0 fully saturated rings. The van der Waals surface area contributed by atoms with Crippen LogP contribution in [0.4, 0.5) is 0 Å². The van der Waals surface area contributed by atoms with Crippen molar-refractivity contribution in [2.24, 2.45) is 0 Å². The van der Waals surface area contributed by atoms with Crippen molar-refractivity contribution < 1.29 is 19.7 Å². The number of fused-ring (bicyclic) bond motifs is 2. The Bertz CT molecular complexity index is 988. The molecule has 0 radical (unpaired) electrons. The smallest absolute Gasteiger partial charge is 0.135 e. The van der Waals surface area contributed by atoms with Crippen molar-refractivity contribution in [2.75, 3.05) is 13.2 Å². The highest BCUT2D eigenvalue weighted by molar-refractivity contribution is 6.31. The molecule has 3 aromatic carbocycles.